The summed E-state index contributed by atoms with van der Waals surface area (Å²) in [4.78, 5) is 11.8. The van der Waals surface area contributed by atoms with E-state index in [1.807, 2.05) is 38.1 Å². The second kappa shape index (κ2) is 5.66. The van der Waals surface area contributed by atoms with Crippen molar-refractivity contribution < 1.29 is 9.53 Å². The average Bonchev–Trinajstić information content (AvgIpc) is 2.26. The highest BCUT2D eigenvalue weighted by molar-refractivity contribution is 5.99. The normalized spacial score (nSPS) is 12.5. The summed E-state index contributed by atoms with van der Waals surface area (Å²) in [5.74, 6) is 0.0588. The summed E-state index contributed by atoms with van der Waals surface area (Å²) in [6.07, 6.45) is 0.596. The minimum Gasteiger partial charge on any atom is -0.370 e. The van der Waals surface area contributed by atoms with Crippen molar-refractivity contribution in [2.75, 3.05) is 6.61 Å². The fourth-order valence-corrected chi connectivity index (χ4v) is 1.32. The molecule has 1 aromatic rings. The third-order valence-corrected chi connectivity index (χ3v) is 2.28. The van der Waals surface area contributed by atoms with E-state index in [9.17, 15) is 4.79 Å². The molecule has 82 valence electrons. The van der Waals surface area contributed by atoms with E-state index in [0.29, 0.717) is 6.61 Å². The lowest BCUT2D eigenvalue weighted by Crippen LogP contribution is -2.21. The topological polar surface area (TPSA) is 26.3 Å². The highest BCUT2D eigenvalue weighted by atomic mass is 16.5. The van der Waals surface area contributed by atoms with Crippen LogP contribution in [0.15, 0.2) is 24.3 Å². The molecule has 0 N–H and O–H groups in total. The van der Waals surface area contributed by atoms with Gasteiger partial charge in [-0.25, -0.2) is 0 Å². The van der Waals surface area contributed by atoms with Crippen molar-refractivity contribution in [3.63, 3.8) is 0 Å². The summed E-state index contributed by atoms with van der Waals surface area (Å²) in [5, 5.41) is 0. The zero-order valence-corrected chi connectivity index (χ0v) is 9.62. The lowest BCUT2D eigenvalue weighted by Gasteiger charge is -2.11. The Balaban J connectivity index is 2.63. The van der Waals surface area contributed by atoms with Crippen LogP contribution >= 0.6 is 0 Å². The minimum absolute atomic E-state index is 0.0588. The minimum atomic E-state index is -0.340. The number of ketones is 1. The largest absolute Gasteiger partial charge is 0.370 e. The maximum Gasteiger partial charge on any atom is 0.191 e. The van der Waals surface area contributed by atoms with Gasteiger partial charge in [-0.15, -0.1) is 0 Å². The molecule has 0 amide bonds. The van der Waals surface area contributed by atoms with Gasteiger partial charge in [0.15, 0.2) is 5.78 Å². The van der Waals surface area contributed by atoms with Gasteiger partial charge < -0.3 is 4.74 Å². The van der Waals surface area contributed by atoms with Crippen molar-refractivity contribution >= 4 is 5.78 Å². The quantitative estimate of drug-likeness (QED) is 0.692. The van der Waals surface area contributed by atoms with Gasteiger partial charge in [0, 0.05) is 12.2 Å². The fourth-order valence-electron chi connectivity index (χ4n) is 1.32. The SMILES string of the molecule is CCCOC(C)C(=O)c1ccc(C)cc1. The van der Waals surface area contributed by atoms with E-state index >= 15 is 0 Å². The van der Waals surface area contributed by atoms with Crippen LogP contribution < -0.4 is 0 Å². The first-order chi connectivity index (χ1) is 7.15. The van der Waals surface area contributed by atoms with Crippen molar-refractivity contribution in [3.8, 4) is 0 Å². The number of carbonyl (C=O) groups excluding carboxylic acids is 1. The maximum atomic E-state index is 11.8. The molecule has 0 spiro atoms. The van der Waals surface area contributed by atoms with E-state index in [4.69, 9.17) is 4.74 Å². The zero-order chi connectivity index (χ0) is 11.3. The van der Waals surface area contributed by atoms with E-state index in [2.05, 4.69) is 0 Å². The molecule has 0 aliphatic heterocycles. The van der Waals surface area contributed by atoms with E-state index in [1.165, 1.54) is 0 Å². The summed E-state index contributed by atoms with van der Waals surface area (Å²) in [6.45, 7) is 6.48. The van der Waals surface area contributed by atoms with Crippen molar-refractivity contribution in [1.29, 1.82) is 0 Å². The van der Waals surface area contributed by atoms with Crippen molar-refractivity contribution in [2.24, 2.45) is 0 Å². The molecular formula is C13H18O2. The van der Waals surface area contributed by atoms with Crippen LogP contribution in [-0.4, -0.2) is 18.5 Å². The van der Waals surface area contributed by atoms with Crippen LogP contribution in [0.1, 0.15) is 36.2 Å². The van der Waals surface area contributed by atoms with Crippen LogP contribution in [-0.2, 0) is 4.74 Å². The second-order valence-electron chi connectivity index (χ2n) is 3.74. The molecule has 0 bridgehead atoms. The fraction of sp³-hybridized carbons (Fsp3) is 0.462. The highest BCUT2D eigenvalue weighted by Crippen LogP contribution is 2.08. The first-order valence-electron chi connectivity index (χ1n) is 5.37. The molecule has 15 heavy (non-hydrogen) atoms. The molecule has 0 radical (unpaired) electrons. The molecule has 0 heterocycles. The summed E-state index contributed by atoms with van der Waals surface area (Å²) < 4.78 is 5.39. The molecule has 0 aliphatic rings. The van der Waals surface area contributed by atoms with Crippen LogP contribution in [0.2, 0.25) is 0 Å². The zero-order valence-electron chi connectivity index (χ0n) is 9.62. The molecule has 0 saturated carbocycles. The van der Waals surface area contributed by atoms with Crippen LogP contribution in [0.3, 0.4) is 0 Å². The van der Waals surface area contributed by atoms with Crippen LogP contribution in [0.4, 0.5) is 0 Å². The van der Waals surface area contributed by atoms with E-state index < -0.39 is 0 Å². The van der Waals surface area contributed by atoms with Gasteiger partial charge in [-0.1, -0.05) is 36.8 Å². The van der Waals surface area contributed by atoms with Gasteiger partial charge in [0.25, 0.3) is 0 Å². The molecule has 0 aliphatic carbocycles. The highest BCUT2D eigenvalue weighted by Gasteiger charge is 2.14. The Bertz CT molecular complexity index is 314. The summed E-state index contributed by atoms with van der Waals surface area (Å²) in [7, 11) is 0. The van der Waals surface area contributed by atoms with E-state index in [0.717, 1.165) is 17.5 Å². The second-order valence-corrected chi connectivity index (χ2v) is 3.74. The van der Waals surface area contributed by atoms with Crippen LogP contribution in [0.25, 0.3) is 0 Å². The average molecular weight is 206 g/mol. The lowest BCUT2D eigenvalue weighted by molar-refractivity contribution is 0.0479. The molecule has 1 atom stereocenters. The van der Waals surface area contributed by atoms with Gasteiger partial charge in [0.2, 0.25) is 0 Å². The predicted molar refractivity (Wildman–Crippen MR) is 61.2 cm³/mol. The predicted octanol–water partition coefficient (Wildman–Crippen LogP) is 2.99. The Morgan fingerprint density at radius 1 is 1.33 bits per heavy atom. The summed E-state index contributed by atoms with van der Waals surface area (Å²) in [6, 6.07) is 7.59. The molecule has 2 heteroatoms. The number of carbonyl (C=O) groups is 1. The van der Waals surface area contributed by atoms with Crippen LogP contribution in [0, 0.1) is 6.92 Å². The van der Waals surface area contributed by atoms with Gasteiger partial charge >= 0.3 is 0 Å². The van der Waals surface area contributed by atoms with Crippen molar-refractivity contribution in [1.82, 2.24) is 0 Å². The Hall–Kier alpha value is -1.15. The smallest absolute Gasteiger partial charge is 0.191 e. The van der Waals surface area contributed by atoms with Gasteiger partial charge in [0.05, 0.1) is 0 Å². The number of ether oxygens (including phenoxy) is 1. The lowest BCUT2D eigenvalue weighted by atomic mass is 10.1. The monoisotopic (exact) mass is 206 g/mol. The number of hydrogen-bond donors (Lipinski definition) is 0. The number of Topliss-reactive ketones (excluding diaryl/α,β-unsaturated/α-hetero) is 1. The molecule has 0 aromatic heterocycles. The first-order valence-corrected chi connectivity index (χ1v) is 5.37. The van der Waals surface area contributed by atoms with Crippen molar-refractivity contribution in [3.05, 3.63) is 35.4 Å². The van der Waals surface area contributed by atoms with Crippen molar-refractivity contribution in [2.45, 2.75) is 33.3 Å². The maximum absolute atomic E-state index is 11.8. The molecule has 1 rings (SSSR count). The Morgan fingerprint density at radius 3 is 2.47 bits per heavy atom. The first kappa shape index (κ1) is 11.9. The molecule has 1 aromatic carbocycles. The number of aryl methyl sites for hydroxylation is 1. The number of hydrogen-bond acceptors (Lipinski definition) is 2. The molecule has 1 unspecified atom stereocenters. The Morgan fingerprint density at radius 2 is 1.93 bits per heavy atom. The van der Waals surface area contributed by atoms with Gasteiger partial charge in [-0.2, -0.15) is 0 Å². The third-order valence-electron chi connectivity index (χ3n) is 2.28. The van der Waals surface area contributed by atoms with E-state index in [1.54, 1.807) is 6.92 Å². The van der Waals surface area contributed by atoms with Gasteiger partial charge in [-0.3, -0.25) is 4.79 Å². The Kier molecular flexibility index (Phi) is 4.50. The number of rotatable bonds is 5. The molecule has 0 fully saturated rings. The standard InChI is InChI=1S/C13H18O2/c1-4-9-15-11(3)13(14)12-7-5-10(2)6-8-12/h5-8,11H,4,9H2,1-3H3. The third kappa shape index (κ3) is 3.48. The molecule has 0 saturated heterocycles. The van der Waals surface area contributed by atoms with Gasteiger partial charge in [-0.05, 0) is 20.3 Å². The Labute approximate surface area is 91.3 Å². The summed E-state index contributed by atoms with van der Waals surface area (Å²) in [5.41, 5.74) is 1.89. The van der Waals surface area contributed by atoms with Gasteiger partial charge in [0.1, 0.15) is 6.10 Å². The number of benzene rings is 1. The molecular weight excluding hydrogens is 188 g/mol. The van der Waals surface area contributed by atoms with E-state index in [-0.39, 0.29) is 11.9 Å². The summed E-state index contributed by atoms with van der Waals surface area (Å²) >= 11 is 0. The molecule has 2 nitrogen and oxygen atoms in total. The van der Waals surface area contributed by atoms with Crippen LogP contribution in [0.5, 0.6) is 0 Å².